The van der Waals surface area contributed by atoms with Gasteiger partial charge in [0, 0.05) is 13.2 Å². The Morgan fingerprint density at radius 1 is 0.710 bits per heavy atom. The first kappa shape index (κ1) is 28.2. The molecule has 0 fully saturated rings. The average molecular weight is 425 g/mol. The molecule has 170 valence electrons. The second kappa shape index (κ2) is 18.0. The highest BCUT2D eigenvalue weighted by Gasteiger charge is 2.02. The van der Waals surface area contributed by atoms with Crippen LogP contribution in [0.15, 0.2) is 72.8 Å². The predicted octanol–water partition coefficient (Wildman–Crippen LogP) is 7.29. The lowest BCUT2D eigenvalue weighted by Crippen LogP contribution is -1.97. The summed E-state index contributed by atoms with van der Waals surface area (Å²) in [5.74, 6) is 1.08. The van der Waals surface area contributed by atoms with E-state index in [2.05, 4.69) is 69.3 Å². The highest BCUT2D eigenvalue weighted by atomic mass is 16.5. The van der Waals surface area contributed by atoms with Crippen molar-refractivity contribution < 1.29 is 14.9 Å². The van der Waals surface area contributed by atoms with Gasteiger partial charge in [-0.25, -0.2) is 0 Å². The zero-order valence-corrected chi connectivity index (χ0v) is 20.1. The molecule has 3 nitrogen and oxygen atoms in total. The summed E-state index contributed by atoms with van der Waals surface area (Å²) in [6.45, 7) is 11.0. The summed E-state index contributed by atoms with van der Waals surface area (Å²) in [7, 11) is 1.00. The molecule has 0 heterocycles. The Hall–Kier alpha value is -2.78. The molecule has 0 aliphatic carbocycles. The van der Waals surface area contributed by atoms with Crippen LogP contribution in [0.4, 0.5) is 0 Å². The number of hydrogen-bond donors (Lipinski definition) is 2. The maximum Gasteiger partial charge on any atom is 0.126 e. The fraction of sp³-hybridized carbons (Fsp3) is 0.357. The van der Waals surface area contributed by atoms with Crippen molar-refractivity contribution in [2.75, 3.05) is 13.7 Å². The van der Waals surface area contributed by atoms with Gasteiger partial charge in [0.1, 0.15) is 11.5 Å². The summed E-state index contributed by atoms with van der Waals surface area (Å²) < 4.78 is 5.50. The molecule has 2 N–H and O–H groups in total. The number of aliphatic hydroxyl groups excluding tert-OH is 1. The van der Waals surface area contributed by atoms with Gasteiger partial charge in [-0.15, -0.1) is 0 Å². The number of aromatic hydroxyl groups is 1. The summed E-state index contributed by atoms with van der Waals surface area (Å²) in [5.41, 5.74) is 5.12. The lowest BCUT2D eigenvalue weighted by Gasteiger charge is -2.09. The van der Waals surface area contributed by atoms with Crippen molar-refractivity contribution in [3.63, 3.8) is 0 Å². The maximum absolute atomic E-state index is 9.25. The number of aliphatic hydroxyl groups is 1. The van der Waals surface area contributed by atoms with Gasteiger partial charge in [0.25, 0.3) is 0 Å². The molecule has 3 rings (SSSR count). The molecule has 0 aromatic heterocycles. The molecule has 0 aliphatic heterocycles. The van der Waals surface area contributed by atoms with Crippen LogP contribution in [0.2, 0.25) is 0 Å². The van der Waals surface area contributed by atoms with Crippen LogP contribution in [0, 0.1) is 0 Å². The third-order valence-corrected chi connectivity index (χ3v) is 4.36. The van der Waals surface area contributed by atoms with E-state index in [1.807, 2.05) is 26.0 Å². The Kier molecular flexibility index (Phi) is 16.4. The number of benzene rings is 3. The van der Waals surface area contributed by atoms with E-state index in [1.165, 1.54) is 16.7 Å². The minimum Gasteiger partial charge on any atom is -0.508 e. The lowest BCUT2D eigenvalue weighted by atomic mass is 10.0. The molecule has 0 spiro atoms. The Labute approximate surface area is 189 Å². The van der Waals surface area contributed by atoms with E-state index in [0.717, 1.165) is 37.7 Å². The summed E-state index contributed by atoms with van der Waals surface area (Å²) in [6, 6.07) is 24.5. The highest BCUT2D eigenvalue weighted by molar-refractivity contribution is 5.63. The van der Waals surface area contributed by atoms with E-state index >= 15 is 0 Å². The fourth-order valence-electron chi connectivity index (χ4n) is 2.75. The zero-order chi connectivity index (χ0) is 23.5. The quantitative estimate of drug-likeness (QED) is 0.436. The van der Waals surface area contributed by atoms with Crippen molar-refractivity contribution in [3.05, 3.63) is 83.9 Å². The van der Waals surface area contributed by atoms with E-state index in [4.69, 9.17) is 9.84 Å². The molecular weight excluding hydrogens is 384 g/mol. The molecule has 0 saturated carbocycles. The van der Waals surface area contributed by atoms with Crippen LogP contribution in [-0.4, -0.2) is 23.9 Å². The number of hydrogen-bond acceptors (Lipinski definition) is 3. The summed E-state index contributed by atoms with van der Waals surface area (Å²) >= 11 is 0. The van der Waals surface area contributed by atoms with Gasteiger partial charge in [0.2, 0.25) is 0 Å². The van der Waals surface area contributed by atoms with Crippen molar-refractivity contribution in [1.29, 1.82) is 0 Å². The smallest absolute Gasteiger partial charge is 0.126 e. The van der Waals surface area contributed by atoms with E-state index in [0.29, 0.717) is 6.61 Å². The Balaban J connectivity index is 0.000000502. The third kappa shape index (κ3) is 10.7. The number of aryl methyl sites for hydroxylation is 2. The molecule has 3 heteroatoms. The predicted molar refractivity (Wildman–Crippen MR) is 134 cm³/mol. The van der Waals surface area contributed by atoms with E-state index < -0.39 is 0 Å². The molecule has 3 aromatic rings. The van der Waals surface area contributed by atoms with Crippen molar-refractivity contribution in [1.82, 2.24) is 0 Å². The largest absolute Gasteiger partial charge is 0.508 e. The van der Waals surface area contributed by atoms with Gasteiger partial charge in [-0.3, -0.25) is 0 Å². The second-order valence-electron chi connectivity index (χ2n) is 6.41. The number of phenols is 1. The number of phenolic OH excluding ortho intramolecular Hbond substituents is 1. The van der Waals surface area contributed by atoms with E-state index in [-0.39, 0.29) is 5.75 Å². The van der Waals surface area contributed by atoms with Gasteiger partial charge in [-0.1, -0.05) is 95.3 Å². The molecule has 3 aromatic carbocycles. The van der Waals surface area contributed by atoms with Crippen LogP contribution in [0.5, 0.6) is 11.5 Å². The number of rotatable bonds is 6. The van der Waals surface area contributed by atoms with Crippen molar-refractivity contribution in [3.8, 4) is 22.6 Å². The number of ether oxygens (including phenoxy) is 1. The van der Waals surface area contributed by atoms with E-state index in [9.17, 15) is 5.11 Å². The minimum absolute atomic E-state index is 0.267. The molecule has 0 amide bonds. The van der Waals surface area contributed by atoms with Crippen LogP contribution in [-0.2, 0) is 12.8 Å². The summed E-state index contributed by atoms with van der Waals surface area (Å²) in [6.07, 6.45) is 3.02. The highest BCUT2D eigenvalue weighted by Crippen LogP contribution is 2.24. The van der Waals surface area contributed by atoms with Crippen LogP contribution in [0.25, 0.3) is 11.1 Å². The van der Waals surface area contributed by atoms with Crippen LogP contribution < -0.4 is 4.74 Å². The minimum atomic E-state index is 0.267. The van der Waals surface area contributed by atoms with Gasteiger partial charge < -0.3 is 14.9 Å². The third-order valence-electron chi connectivity index (χ3n) is 4.36. The van der Waals surface area contributed by atoms with Gasteiger partial charge in [0.05, 0.1) is 6.61 Å². The standard InChI is InChI=1S/C14H14.C11H16O2.C2H6.CH4O/c1-2-12-8-10-14(11-9-12)13-6-4-3-5-7-13;1-3-7-13-11-8-10(12)6-5-9(11)4-2;2*1-2/h3-11H,2H2,1H3;5-6,8,12H,3-4,7H2,1-2H3;1-2H3;2H,1H3. The van der Waals surface area contributed by atoms with Crippen molar-refractivity contribution in [2.45, 2.75) is 53.9 Å². The Bertz CT molecular complexity index is 796. The topological polar surface area (TPSA) is 49.7 Å². The zero-order valence-electron chi connectivity index (χ0n) is 20.1. The first-order valence-corrected chi connectivity index (χ1v) is 11.2. The average Bonchev–Trinajstić information content (AvgIpc) is 2.86. The molecule has 31 heavy (non-hydrogen) atoms. The Morgan fingerprint density at radius 2 is 1.29 bits per heavy atom. The van der Waals surface area contributed by atoms with Crippen molar-refractivity contribution in [2.24, 2.45) is 0 Å². The summed E-state index contributed by atoms with van der Waals surface area (Å²) in [4.78, 5) is 0. The molecule has 0 unspecified atom stereocenters. The van der Waals surface area contributed by atoms with Crippen LogP contribution in [0.3, 0.4) is 0 Å². The molecule has 0 radical (unpaired) electrons. The van der Waals surface area contributed by atoms with Crippen LogP contribution >= 0.6 is 0 Å². The SMILES string of the molecule is CC.CCCOc1cc(O)ccc1CC.CCc1ccc(-c2ccccc2)cc1.CO. The molecular formula is C28H40O3. The van der Waals surface area contributed by atoms with E-state index in [1.54, 1.807) is 12.1 Å². The first-order valence-electron chi connectivity index (χ1n) is 11.2. The molecule has 0 atom stereocenters. The maximum atomic E-state index is 9.25. The molecule has 0 bridgehead atoms. The lowest BCUT2D eigenvalue weighted by molar-refractivity contribution is 0.312. The first-order chi connectivity index (χ1) is 15.2. The van der Waals surface area contributed by atoms with Gasteiger partial charge in [-0.2, -0.15) is 0 Å². The molecule has 0 aliphatic rings. The van der Waals surface area contributed by atoms with Gasteiger partial charge >= 0.3 is 0 Å². The second-order valence-corrected chi connectivity index (χ2v) is 6.41. The van der Waals surface area contributed by atoms with Crippen LogP contribution in [0.1, 0.15) is 52.2 Å². The van der Waals surface area contributed by atoms with Crippen molar-refractivity contribution >= 4 is 0 Å². The monoisotopic (exact) mass is 424 g/mol. The molecule has 0 saturated heterocycles. The van der Waals surface area contributed by atoms with Gasteiger partial charge in [0.15, 0.2) is 0 Å². The normalized spacial score (nSPS) is 9.13. The fourth-order valence-corrected chi connectivity index (χ4v) is 2.75. The summed E-state index contributed by atoms with van der Waals surface area (Å²) in [5, 5.41) is 16.3. The van der Waals surface area contributed by atoms with Gasteiger partial charge in [-0.05, 0) is 47.6 Å². The Morgan fingerprint density at radius 3 is 1.81 bits per heavy atom.